The van der Waals surface area contributed by atoms with Crippen molar-refractivity contribution in [3.63, 3.8) is 0 Å². The fraction of sp³-hybridized carbons (Fsp3) is 0.350. The summed E-state index contributed by atoms with van der Waals surface area (Å²) in [6, 6.07) is 10.2. The molecule has 5 heteroatoms. The molecule has 0 bridgehead atoms. The van der Waals surface area contributed by atoms with Crippen LogP contribution in [0.5, 0.6) is 0 Å². The van der Waals surface area contributed by atoms with Crippen molar-refractivity contribution in [1.29, 1.82) is 0 Å². The lowest BCUT2D eigenvalue weighted by Gasteiger charge is -2.00. The highest BCUT2D eigenvalue weighted by Gasteiger charge is 2.07. The van der Waals surface area contributed by atoms with Crippen LogP contribution in [0.4, 0.5) is 0 Å². The topological polar surface area (TPSA) is 60.9 Å². The molecule has 3 aromatic rings. The minimum atomic E-state index is 0.664. The fourth-order valence-electron chi connectivity index (χ4n) is 2.79. The van der Waals surface area contributed by atoms with Gasteiger partial charge in [0, 0.05) is 37.2 Å². The summed E-state index contributed by atoms with van der Waals surface area (Å²) in [5, 5.41) is 4.41. The third kappa shape index (κ3) is 4.66. The van der Waals surface area contributed by atoms with Crippen molar-refractivity contribution in [3.8, 4) is 22.6 Å². The second kappa shape index (κ2) is 8.42. The number of oxazole rings is 1. The van der Waals surface area contributed by atoms with Gasteiger partial charge in [-0.05, 0) is 18.9 Å². The highest BCUT2D eigenvalue weighted by Crippen LogP contribution is 2.25. The molecule has 1 aromatic carbocycles. The van der Waals surface area contributed by atoms with Gasteiger partial charge in [0.25, 0.3) is 0 Å². The molecule has 0 N–H and O–H groups in total. The van der Waals surface area contributed by atoms with Crippen LogP contribution in [0.25, 0.3) is 22.6 Å². The first kappa shape index (κ1) is 17.1. The molecule has 5 nitrogen and oxygen atoms in total. The van der Waals surface area contributed by atoms with Gasteiger partial charge in [0.1, 0.15) is 6.29 Å². The van der Waals surface area contributed by atoms with E-state index in [0.29, 0.717) is 6.42 Å². The van der Waals surface area contributed by atoms with E-state index in [1.807, 2.05) is 43.6 Å². The van der Waals surface area contributed by atoms with Gasteiger partial charge in [-0.25, -0.2) is 4.98 Å². The van der Waals surface area contributed by atoms with Crippen LogP contribution in [-0.2, 0) is 18.3 Å². The molecule has 0 fully saturated rings. The number of aldehydes is 1. The molecule has 0 amide bonds. The van der Waals surface area contributed by atoms with Gasteiger partial charge in [0.15, 0.2) is 11.7 Å². The molecule has 0 unspecified atom stereocenters. The molecule has 3 rings (SSSR count). The summed E-state index contributed by atoms with van der Waals surface area (Å²) in [5.41, 5.74) is 3.06. The predicted octanol–water partition coefficient (Wildman–Crippen LogP) is 4.43. The van der Waals surface area contributed by atoms with Gasteiger partial charge in [-0.2, -0.15) is 5.10 Å². The molecule has 2 heterocycles. The van der Waals surface area contributed by atoms with Crippen LogP contribution in [0.15, 0.2) is 47.1 Å². The Morgan fingerprint density at radius 3 is 2.52 bits per heavy atom. The molecule has 25 heavy (non-hydrogen) atoms. The monoisotopic (exact) mass is 337 g/mol. The zero-order valence-corrected chi connectivity index (χ0v) is 14.5. The van der Waals surface area contributed by atoms with Crippen LogP contribution in [0, 0.1) is 0 Å². The molecule has 0 spiro atoms. The third-order valence-corrected chi connectivity index (χ3v) is 4.19. The number of nitrogens with zero attached hydrogens (tertiary/aromatic N) is 3. The van der Waals surface area contributed by atoms with Crippen molar-refractivity contribution in [2.24, 2.45) is 7.05 Å². The number of aryl methyl sites for hydroxylation is 2. The summed E-state index contributed by atoms with van der Waals surface area (Å²) >= 11 is 0. The van der Waals surface area contributed by atoms with E-state index in [2.05, 4.69) is 10.1 Å². The zero-order chi connectivity index (χ0) is 17.5. The Morgan fingerprint density at radius 1 is 1.04 bits per heavy atom. The Hall–Kier alpha value is -2.69. The largest absolute Gasteiger partial charge is 0.441 e. The molecule has 0 atom stereocenters. The van der Waals surface area contributed by atoms with Crippen LogP contribution in [-0.4, -0.2) is 21.1 Å². The average Bonchev–Trinajstić information content (AvgIpc) is 3.27. The van der Waals surface area contributed by atoms with E-state index in [0.717, 1.165) is 66.9 Å². The number of hydrogen-bond donors (Lipinski definition) is 0. The first-order valence-corrected chi connectivity index (χ1v) is 8.75. The van der Waals surface area contributed by atoms with E-state index in [1.54, 1.807) is 10.9 Å². The van der Waals surface area contributed by atoms with Gasteiger partial charge in [-0.1, -0.05) is 37.1 Å². The number of carbonyl (C=O) groups is 1. The normalized spacial score (nSPS) is 10.9. The van der Waals surface area contributed by atoms with Gasteiger partial charge in [-0.15, -0.1) is 0 Å². The van der Waals surface area contributed by atoms with E-state index in [1.165, 1.54) is 0 Å². The van der Waals surface area contributed by atoms with Crippen LogP contribution in [0.1, 0.15) is 38.0 Å². The number of benzene rings is 1. The van der Waals surface area contributed by atoms with E-state index >= 15 is 0 Å². The molecule has 2 aromatic heterocycles. The van der Waals surface area contributed by atoms with Crippen molar-refractivity contribution in [2.75, 3.05) is 0 Å². The Kier molecular flexibility index (Phi) is 5.77. The summed E-state index contributed by atoms with van der Waals surface area (Å²) in [5.74, 6) is 1.57. The molecular formula is C20H23N3O2. The predicted molar refractivity (Wildman–Crippen MR) is 97.0 cm³/mol. The van der Waals surface area contributed by atoms with E-state index in [-0.39, 0.29) is 0 Å². The lowest BCUT2D eigenvalue weighted by Crippen LogP contribution is -1.87. The van der Waals surface area contributed by atoms with Crippen LogP contribution in [0.2, 0.25) is 0 Å². The summed E-state index contributed by atoms with van der Waals surface area (Å²) in [6.07, 6.45) is 10.4. The van der Waals surface area contributed by atoms with E-state index in [9.17, 15) is 4.79 Å². The lowest BCUT2D eigenvalue weighted by molar-refractivity contribution is -0.107. The van der Waals surface area contributed by atoms with Crippen LogP contribution in [0.3, 0.4) is 0 Å². The smallest absolute Gasteiger partial charge is 0.194 e. The highest BCUT2D eigenvalue weighted by atomic mass is 16.4. The molecular weight excluding hydrogens is 314 g/mol. The number of aromatic nitrogens is 3. The number of hydrogen-bond acceptors (Lipinski definition) is 4. The Labute approximate surface area is 147 Å². The average molecular weight is 337 g/mol. The maximum Gasteiger partial charge on any atom is 0.194 e. The molecule has 0 aliphatic carbocycles. The van der Waals surface area contributed by atoms with Gasteiger partial charge in [0.05, 0.1) is 11.9 Å². The molecule has 0 saturated heterocycles. The molecule has 0 radical (unpaired) electrons. The van der Waals surface area contributed by atoms with Gasteiger partial charge in [-0.3, -0.25) is 4.68 Å². The van der Waals surface area contributed by atoms with Gasteiger partial charge < -0.3 is 9.21 Å². The standard InChI is InChI=1S/C20H23N3O2/c1-23-13-12-18(22-23)16-8-10-17(11-9-16)19-15-21-20(25-19)7-5-3-2-4-6-14-24/h8-15H,2-7H2,1H3. The Balaban J connectivity index is 1.55. The van der Waals surface area contributed by atoms with E-state index in [4.69, 9.17) is 4.42 Å². The SMILES string of the molecule is Cn1ccc(-c2ccc(-c3cnc(CCCCCCC=O)o3)cc2)n1. The minimum Gasteiger partial charge on any atom is -0.441 e. The van der Waals surface area contributed by atoms with Crippen molar-refractivity contribution in [1.82, 2.24) is 14.8 Å². The highest BCUT2D eigenvalue weighted by molar-refractivity contribution is 5.65. The van der Waals surface area contributed by atoms with Crippen molar-refractivity contribution >= 4 is 6.29 Å². The maximum atomic E-state index is 10.3. The maximum absolute atomic E-state index is 10.3. The number of rotatable bonds is 9. The van der Waals surface area contributed by atoms with Crippen LogP contribution >= 0.6 is 0 Å². The molecule has 0 aliphatic rings. The Morgan fingerprint density at radius 2 is 1.80 bits per heavy atom. The van der Waals surface area contributed by atoms with Crippen molar-refractivity contribution < 1.29 is 9.21 Å². The third-order valence-electron chi connectivity index (χ3n) is 4.19. The summed E-state index contributed by atoms with van der Waals surface area (Å²) in [7, 11) is 1.91. The summed E-state index contributed by atoms with van der Waals surface area (Å²) in [6.45, 7) is 0. The first-order chi connectivity index (χ1) is 12.3. The minimum absolute atomic E-state index is 0.664. The summed E-state index contributed by atoms with van der Waals surface area (Å²) < 4.78 is 7.66. The van der Waals surface area contributed by atoms with Crippen LogP contribution < -0.4 is 0 Å². The zero-order valence-electron chi connectivity index (χ0n) is 14.5. The second-order valence-corrected chi connectivity index (χ2v) is 6.19. The molecule has 0 saturated carbocycles. The quantitative estimate of drug-likeness (QED) is 0.428. The fourth-order valence-corrected chi connectivity index (χ4v) is 2.79. The number of carbonyl (C=O) groups excluding carboxylic acids is 1. The van der Waals surface area contributed by atoms with Crippen molar-refractivity contribution in [2.45, 2.75) is 38.5 Å². The first-order valence-electron chi connectivity index (χ1n) is 8.75. The van der Waals surface area contributed by atoms with Gasteiger partial charge in [0.2, 0.25) is 0 Å². The van der Waals surface area contributed by atoms with Gasteiger partial charge >= 0.3 is 0 Å². The lowest BCUT2D eigenvalue weighted by atomic mass is 10.1. The number of unbranched alkanes of at least 4 members (excludes halogenated alkanes) is 4. The molecule has 130 valence electrons. The molecule has 0 aliphatic heterocycles. The Bertz CT molecular complexity index is 802. The van der Waals surface area contributed by atoms with Crippen molar-refractivity contribution in [3.05, 3.63) is 48.6 Å². The van der Waals surface area contributed by atoms with E-state index < -0.39 is 0 Å². The second-order valence-electron chi connectivity index (χ2n) is 6.19. The summed E-state index contributed by atoms with van der Waals surface area (Å²) in [4.78, 5) is 14.6.